The SMILES string of the molecule is CC(C)NCCCOCc1ccc(Cl)cc1F. The van der Waals surface area contributed by atoms with E-state index in [4.69, 9.17) is 16.3 Å². The average Bonchev–Trinajstić information content (AvgIpc) is 2.25. The second-order valence-electron chi connectivity index (χ2n) is 4.25. The minimum Gasteiger partial charge on any atom is -0.377 e. The molecular formula is C13H19ClFNO. The first-order valence-corrected chi connectivity index (χ1v) is 6.22. The van der Waals surface area contributed by atoms with E-state index in [1.165, 1.54) is 6.07 Å². The Bertz CT molecular complexity index is 344. The number of benzene rings is 1. The number of nitrogens with one attached hydrogen (secondary N) is 1. The van der Waals surface area contributed by atoms with Crippen LogP contribution in [0.25, 0.3) is 0 Å². The van der Waals surface area contributed by atoms with Crippen LogP contribution < -0.4 is 5.32 Å². The Hall–Kier alpha value is -0.640. The predicted molar refractivity (Wildman–Crippen MR) is 68.8 cm³/mol. The van der Waals surface area contributed by atoms with Gasteiger partial charge in [-0.05, 0) is 25.1 Å². The monoisotopic (exact) mass is 259 g/mol. The lowest BCUT2D eigenvalue weighted by atomic mass is 10.2. The van der Waals surface area contributed by atoms with Crippen LogP contribution >= 0.6 is 11.6 Å². The largest absolute Gasteiger partial charge is 0.377 e. The maximum absolute atomic E-state index is 13.4. The highest BCUT2D eigenvalue weighted by Crippen LogP contribution is 2.15. The van der Waals surface area contributed by atoms with Gasteiger partial charge in [-0.3, -0.25) is 0 Å². The van der Waals surface area contributed by atoms with Crippen LogP contribution in [0, 0.1) is 5.82 Å². The number of rotatable bonds is 7. The van der Waals surface area contributed by atoms with E-state index < -0.39 is 0 Å². The van der Waals surface area contributed by atoms with Crippen LogP contribution in [0.4, 0.5) is 4.39 Å². The molecule has 0 atom stereocenters. The highest BCUT2D eigenvalue weighted by Gasteiger charge is 2.02. The van der Waals surface area contributed by atoms with E-state index in [1.54, 1.807) is 12.1 Å². The smallest absolute Gasteiger partial charge is 0.130 e. The van der Waals surface area contributed by atoms with Crippen molar-refractivity contribution in [1.82, 2.24) is 5.32 Å². The highest BCUT2D eigenvalue weighted by atomic mass is 35.5. The lowest BCUT2D eigenvalue weighted by molar-refractivity contribution is 0.116. The van der Waals surface area contributed by atoms with Crippen LogP contribution in [0.3, 0.4) is 0 Å². The van der Waals surface area contributed by atoms with Gasteiger partial charge >= 0.3 is 0 Å². The fourth-order valence-corrected chi connectivity index (χ4v) is 1.54. The van der Waals surface area contributed by atoms with Gasteiger partial charge in [0.15, 0.2) is 0 Å². The summed E-state index contributed by atoms with van der Waals surface area (Å²) in [6, 6.07) is 5.12. The summed E-state index contributed by atoms with van der Waals surface area (Å²) in [5, 5.41) is 3.70. The van der Waals surface area contributed by atoms with Crippen molar-refractivity contribution in [2.45, 2.75) is 32.9 Å². The summed E-state index contributed by atoms with van der Waals surface area (Å²) < 4.78 is 18.8. The summed E-state index contributed by atoms with van der Waals surface area (Å²) in [5.41, 5.74) is 0.547. The van der Waals surface area contributed by atoms with Gasteiger partial charge < -0.3 is 10.1 Å². The summed E-state index contributed by atoms with van der Waals surface area (Å²) in [4.78, 5) is 0. The van der Waals surface area contributed by atoms with Crippen molar-refractivity contribution in [3.05, 3.63) is 34.6 Å². The summed E-state index contributed by atoms with van der Waals surface area (Å²) >= 11 is 5.66. The first-order valence-electron chi connectivity index (χ1n) is 5.84. The maximum Gasteiger partial charge on any atom is 0.130 e. The maximum atomic E-state index is 13.4. The average molecular weight is 260 g/mol. The molecule has 1 rings (SSSR count). The Morgan fingerprint density at radius 1 is 1.41 bits per heavy atom. The lowest BCUT2D eigenvalue weighted by Crippen LogP contribution is -2.24. The molecule has 96 valence electrons. The molecule has 0 fully saturated rings. The summed E-state index contributed by atoms with van der Waals surface area (Å²) in [6.07, 6.45) is 0.924. The van der Waals surface area contributed by atoms with Crippen molar-refractivity contribution in [3.63, 3.8) is 0 Å². The standard InChI is InChI=1S/C13H19ClFNO/c1-10(2)16-6-3-7-17-9-11-4-5-12(14)8-13(11)15/h4-5,8,10,16H,3,6-7,9H2,1-2H3. The normalized spacial score (nSPS) is 11.1. The molecular weight excluding hydrogens is 241 g/mol. The topological polar surface area (TPSA) is 21.3 Å². The minimum absolute atomic E-state index is 0.296. The Labute approximate surface area is 107 Å². The Balaban J connectivity index is 2.18. The van der Waals surface area contributed by atoms with E-state index in [0.29, 0.717) is 29.8 Å². The number of hydrogen-bond donors (Lipinski definition) is 1. The van der Waals surface area contributed by atoms with Gasteiger partial charge in [0, 0.05) is 23.2 Å². The van der Waals surface area contributed by atoms with Gasteiger partial charge in [0.1, 0.15) is 5.82 Å². The van der Waals surface area contributed by atoms with Crippen LogP contribution in [0.1, 0.15) is 25.8 Å². The van der Waals surface area contributed by atoms with E-state index in [1.807, 2.05) is 0 Å². The number of ether oxygens (including phenoxy) is 1. The van der Waals surface area contributed by atoms with Crippen molar-refractivity contribution in [3.8, 4) is 0 Å². The van der Waals surface area contributed by atoms with Crippen molar-refractivity contribution in [2.24, 2.45) is 0 Å². The van der Waals surface area contributed by atoms with Gasteiger partial charge in [0.05, 0.1) is 6.61 Å². The molecule has 0 amide bonds. The zero-order valence-corrected chi connectivity index (χ0v) is 11.1. The summed E-state index contributed by atoms with van der Waals surface area (Å²) in [6.45, 7) is 6.04. The third-order valence-electron chi connectivity index (χ3n) is 2.29. The molecule has 0 saturated heterocycles. The molecule has 0 saturated carbocycles. The van der Waals surface area contributed by atoms with Crippen LogP contribution in [0.15, 0.2) is 18.2 Å². The molecule has 0 bridgehead atoms. The molecule has 1 N–H and O–H groups in total. The molecule has 1 aromatic carbocycles. The fourth-order valence-electron chi connectivity index (χ4n) is 1.39. The molecule has 0 unspecified atom stereocenters. The van der Waals surface area contributed by atoms with E-state index in [0.717, 1.165) is 13.0 Å². The third kappa shape index (κ3) is 6.01. The van der Waals surface area contributed by atoms with Crippen molar-refractivity contribution in [1.29, 1.82) is 0 Å². The molecule has 1 aromatic rings. The van der Waals surface area contributed by atoms with Gasteiger partial charge in [-0.25, -0.2) is 4.39 Å². The summed E-state index contributed by atoms with van der Waals surface area (Å²) in [7, 11) is 0. The molecule has 17 heavy (non-hydrogen) atoms. The molecule has 4 heteroatoms. The van der Waals surface area contributed by atoms with Crippen molar-refractivity contribution >= 4 is 11.6 Å². The Morgan fingerprint density at radius 3 is 2.82 bits per heavy atom. The van der Waals surface area contributed by atoms with Crippen LogP contribution in [0.5, 0.6) is 0 Å². The van der Waals surface area contributed by atoms with Gasteiger partial charge in [-0.2, -0.15) is 0 Å². The molecule has 2 nitrogen and oxygen atoms in total. The second-order valence-corrected chi connectivity index (χ2v) is 4.69. The lowest BCUT2D eigenvalue weighted by Gasteiger charge is -2.08. The second kappa shape index (κ2) is 7.64. The predicted octanol–water partition coefficient (Wildman–Crippen LogP) is 3.38. The van der Waals surface area contributed by atoms with Crippen LogP contribution in [0.2, 0.25) is 5.02 Å². The van der Waals surface area contributed by atoms with E-state index >= 15 is 0 Å². The van der Waals surface area contributed by atoms with E-state index in [2.05, 4.69) is 19.2 Å². The first kappa shape index (κ1) is 14.4. The quantitative estimate of drug-likeness (QED) is 0.758. The van der Waals surface area contributed by atoms with Crippen molar-refractivity contribution in [2.75, 3.05) is 13.2 Å². The molecule has 0 heterocycles. The molecule has 0 radical (unpaired) electrons. The van der Waals surface area contributed by atoms with E-state index in [9.17, 15) is 4.39 Å². The Morgan fingerprint density at radius 2 is 2.18 bits per heavy atom. The van der Waals surface area contributed by atoms with Crippen LogP contribution in [-0.4, -0.2) is 19.2 Å². The highest BCUT2D eigenvalue weighted by molar-refractivity contribution is 6.30. The number of halogens is 2. The number of hydrogen-bond acceptors (Lipinski definition) is 2. The molecule has 0 aliphatic heterocycles. The molecule has 0 aliphatic rings. The van der Waals surface area contributed by atoms with Gasteiger partial charge in [0.2, 0.25) is 0 Å². The Kier molecular flexibility index (Phi) is 6.48. The molecule has 0 aliphatic carbocycles. The third-order valence-corrected chi connectivity index (χ3v) is 2.53. The zero-order valence-electron chi connectivity index (χ0n) is 10.3. The van der Waals surface area contributed by atoms with E-state index in [-0.39, 0.29) is 5.82 Å². The minimum atomic E-state index is -0.308. The molecule has 0 spiro atoms. The summed E-state index contributed by atoms with van der Waals surface area (Å²) in [5.74, 6) is -0.308. The van der Waals surface area contributed by atoms with Gasteiger partial charge in [-0.15, -0.1) is 0 Å². The van der Waals surface area contributed by atoms with Crippen LogP contribution in [-0.2, 0) is 11.3 Å². The van der Waals surface area contributed by atoms with Gasteiger partial charge in [-0.1, -0.05) is 31.5 Å². The van der Waals surface area contributed by atoms with Crippen molar-refractivity contribution < 1.29 is 9.13 Å². The fraction of sp³-hybridized carbons (Fsp3) is 0.538. The molecule has 0 aromatic heterocycles. The first-order chi connectivity index (χ1) is 8.09. The zero-order chi connectivity index (χ0) is 12.7. The van der Waals surface area contributed by atoms with Gasteiger partial charge in [0.25, 0.3) is 0 Å².